The zero-order chi connectivity index (χ0) is 16.8. The van der Waals surface area contributed by atoms with Crippen molar-refractivity contribution in [2.45, 2.75) is 50.5 Å². The number of amides is 1. The monoisotopic (exact) mass is 329 g/mol. The minimum absolute atomic E-state index is 0.150. The lowest BCUT2D eigenvalue weighted by Gasteiger charge is -2.28. The fourth-order valence-corrected chi connectivity index (χ4v) is 3.06. The highest BCUT2D eigenvalue weighted by molar-refractivity contribution is 5.76. The molecule has 1 amide bonds. The van der Waals surface area contributed by atoms with Crippen molar-refractivity contribution < 1.29 is 14.6 Å². The Morgan fingerprint density at radius 2 is 2.04 bits per heavy atom. The van der Waals surface area contributed by atoms with Crippen molar-refractivity contribution in [2.75, 3.05) is 0 Å². The summed E-state index contributed by atoms with van der Waals surface area (Å²) in [4.78, 5) is 12.2. The average molecular weight is 329 g/mol. The number of nitrogens with zero attached hydrogens (tertiary/aromatic N) is 2. The van der Waals surface area contributed by atoms with Crippen LogP contribution in [0.15, 0.2) is 48.8 Å². The Hall–Kier alpha value is -2.34. The van der Waals surface area contributed by atoms with E-state index in [0.29, 0.717) is 0 Å². The molecule has 1 aromatic heterocycles. The number of hydrogen-bond donors (Lipinski definition) is 2. The molecule has 0 saturated heterocycles. The molecule has 0 unspecified atom stereocenters. The van der Waals surface area contributed by atoms with Crippen molar-refractivity contribution in [2.24, 2.45) is 0 Å². The van der Waals surface area contributed by atoms with Crippen LogP contribution in [0, 0.1) is 0 Å². The zero-order valence-electron chi connectivity index (χ0n) is 13.5. The maximum atomic E-state index is 12.2. The van der Waals surface area contributed by atoms with Crippen LogP contribution in [0.3, 0.4) is 0 Å². The van der Waals surface area contributed by atoms with E-state index in [-0.39, 0.29) is 24.6 Å². The molecule has 1 fully saturated rings. The molecule has 1 aliphatic carbocycles. The third-order valence-electron chi connectivity index (χ3n) is 4.29. The second-order valence-electron chi connectivity index (χ2n) is 6.12. The van der Waals surface area contributed by atoms with E-state index >= 15 is 0 Å². The molecule has 0 bridgehead atoms. The smallest absolute Gasteiger partial charge is 0.242 e. The molecule has 1 aliphatic rings. The molecule has 0 spiro atoms. The van der Waals surface area contributed by atoms with Gasteiger partial charge in [-0.05, 0) is 37.5 Å². The van der Waals surface area contributed by atoms with Gasteiger partial charge in [0.1, 0.15) is 24.5 Å². The molecular formula is C18H23N3O3. The van der Waals surface area contributed by atoms with Gasteiger partial charge in [-0.1, -0.05) is 24.6 Å². The van der Waals surface area contributed by atoms with Gasteiger partial charge in [-0.25, -0.2) is 0 Å². The van der Waals surface area contributed by atoms with Gasteiger partial charge in [0.15, 0.2) is 0 Å². The second kappa shape index (κ2) is 7.97. The maximum Gasteiger partial charge on any atom is 0.242 e. The highest BCUT2D eigenvalue weighted by Crippen LogP contribution is 2.23. The topological polar surface area (TPSA) is 76.4 Å². The molecular weight excluding hydrogens is 306 g/mol. The summed E-state index contributed by atoms with van der Waals surface area (Å²) in [5, 5.41) is 17.6. The van der Waals surface area contributed by atoms with Crippen LogP contribution in [-0.4, -0.2) is 39.0 Å². The van der Waals surface area contributed by atoms with Crippen molar-refractivity contribution >= 4 is 5.91 Å². The van der Waals surface area contributed by atoms with Crippen LogP contribution in [0.25, 0.3) is 0 Å². The Bertz CT molecular complexity index is 630. The van der Waals surface area contributed by atoms with Crippen LogP contribution in [0.4, 0.5) is 0 Å². The first-order valence-corrected chi connectivity index (χ1v) is 8.39. The van der Waals surface area contributed by atoms with Crippen LogP contribution in [0.2, 0.25) is 0 Å². The minimum atomic E-state index is -0.728. The van der Waals surface area contributed by atoms with Gasteiger partial charge >= 0.3 is 0 Å². The second-order valence-corrected chi connectivity index (χ2v) is 6.12. The number of aromatic nitrogens is 2. The number of carbonyl (C=O) groups is 1. The average Bonchev–Trinajstić information content (AvgIpc) is 3.03. The molecule has 2 N–H and O–H groups in total. The van der Waals surface area contributed by atoms with Crippen molar-refractivity contribution in [3.05, 3.63) is 48.8 Å². The molecule has 128 valence electrons. The van der Waals surface area contributed by atoms with E-state index < -0.39 is 6.10 Å². The summed E-state index contributed by atoms with van der Waals surface area (Å²) in [5.74, 6) is 0.591. The van der Waals surface area contributed by atoms with E-state index in [9.17, 15) is 9.90 Å². The summed E-state index contributed by atoms with van der Waals surface area (Å²) in [6, 6.07) is 11.0. The van der Waals surface area contributed by atoms with Crippen molar-refractivity contribution in [3.8, 4) is 5.75 Å². The number of para-hydroxylation sites is 1. The fraction of sp³-hybridized carbons (Fsp3) is 0.444. The van der Waals surface area contributed by atoms with Gasteiger partial charge in [-0.15, -0.1) is 0 Å². The van der Waals surface area contributed by atoms with Gasteiger partial charge in [0.2, 0.25) is 5.91 Å². The number of rotatable bonds is 5. The Labute approximate surface area is 141 Å². The molecule has 6 nitrogen and oxygen atoms in total. The summed E-state index contributed by atoms with van der Waals surface area (Å²) in [6.07, 6.45) is 5.79. The Kier molecular flexibility index (Phi) is 5.48. The van der Waals surface area contributed by atoms with Crippen LogP contribution < -0.4 is 10.1 Å². The fourth-order valence-electron chi connectivity index (χ4n) is 3.06. The number of hydrogen-bond acceptors (Lipinski definition) is 4. The summed E-state index contributed by atoms with van der Waals surface area (Å²) in [7, 11) is 0. The molecule has 3 atom stereocenters. The first kappa shape index (κ1) is 16.5. The van der Waals surface area contributed by atoms with Gasteiger partial charge in [-0.2, -0.15) is 5.10 Å². The van der Waals surface area contributed by atoms with E-state index in [1.807, 2.05) is 30.3 Å². The van der Waals surface area contributed by atoms with Crippen LogP contribution in [0.1, 0.15) is 25.7 Å². The third kappa shape index (κ3) is 4.35. The summed E-state index contributed by atoms with van der Waals surface area (Å²) < 4.78 is 7.51. The zero-order valence-corrected chi connectivity index (χ0v) is 13.5. The number of benzene rings is 1. The normalized spacial score (nSPS) is 24.1. The molecule has 0 radical (unpaired) electrons. The summed E-state index contributed by atoms with van der Waals surface area (Å²) in [5.41, 5.74) is 0. The van der Waals surface area contributed by atoms with Gasteiger partial charge in [-0.3, -0.25) is 9.48 Å². The number of nitrogens with one attached hydrogen (secondary N) is 1. The van der Waals surface area contributed by atoms with E-state index in [1.165, 1.54) is 0 Å². The SMILES string of the molecule is O=C(Cn1cccn1)N[C@@H]1CCCC[C@@H](Oc2ccccc2)[C@@H]1O. The largest absolute Gasteiger partial charge is 0.488 e. The van der Waals surface area contributed by atoms with Gasteiger partial charge in [0, 0.05) is 12.4 Å². The predicted octanol–water partition coefficient (Wildman–Crippen LogP) is 1.75. The van der Waals surface area contributed by atoms with Crippen molar-refractivity contribution in [1.82, 2.24) is 15.1 Å². The first-order valence-electron chi connectivity index (χ1n) is 8.39. The third-order valence-corrected chi connectivity index (χ3v) is 4.29. The standard InChI is InChI=1S/C18H23N3O3/c22-17(13-21-12-6-11-19-21)20-15-9-4-5-10-16(18(15)23)24-14-7-2-1-3-8-14/h1-3,6-8,11-12,15-16,18,23H,4-5,9-10,13H2,(H,20,22)/t15-,16-,18-/m1/s1. The number of carbonyl (C=O) groups excluding carboxylic acids is 1. The van der Waals surface area contributed by atoms with Crippen LogP contribution in [0.5, 0.6) is 5.75 Å². The molecule has 1 heterocycles. The molecule has 0 aliphatic heterocycles. The lowest BCUT2D eigenvalue weighted by atomic mass is 10.0. The quantitative estimate of drug-likeness (QED) is 0.820. The van der Waals surface area contributed by atoms with Crippen molar-refractivity contribution in [1.29, 1.82) is 0 Å². The first-order chi connectivity index (χ1) is 11.7. The predicted molar refractivity (Wildman–Crippen MR) is 89.5 cm³/mol. The molecule has 6 heteroatoms. The molecule has 24 heavy (non-hydrogen) atoms. The molecule has 1 aromatic carbocycles. The summed E-state index contributed by atoms with van der Waals surface area (Å²) >= 11 is 0. The van der Waals surface area contributed by atoms with Gasteiger partial charge in [0.05, 0.1) is 6.04 Å². The van der Waals surface area contributed by atoms with E-state index in [2.05, 4.69) is 10.4 Å². The molecule has 3 rings (SSSR count). The Morgan fingerprint density at radius 3 is 2.79 bits per heavy atom. The maximum absolute atomic E-state index is 12.2. The minimum Gasteiger partial charge on any atom is -0.488 e. The van der Waals surface area contributed by atoms with E-state index in [4.69, 9.17) is 4.74 Å². The van der Waals surface area contributed by atoms with Gasteiger partial charge in [0.25, 0.3) is 0 Å². The van der Waals surface area contributed by atoms with E-state index in [0.717, 1.165) is 31.4 Å². The summed E-state index contributed by atoms with van der Waals surface area (Å²) in [6.45, 7) is 0.153. The Morgan fingerprint density at radius 1 is 1.25 bits per heavy atom. The van der Waals surface area contributed by atoms with Gasteiger partial charge < -0.3 is 15.2 Å². The van der Waals surface area contributed by atoms with Crippen LogP contribution in [-0.2, 0) is 11.3 Å². The van der Waals surface area contributed by atoms with Crippen molar-refractivity contribution in [3.63, 3.8) is 0 Å². The number of aliphatic hydroxyl groups is 1. The van der Waals surface area contributed by atoms with Crippen LogP contribution >= 0.6 is 0 Å². The lowest BCUT2D eigenvalue weighted by molar-refractivity contribution is -0.124. The Balaban J connectivity index is 1.60. The lowest BCUT2D eigenvalue weighted by Crippen LogP contribution is -2.49. The highest BCUT2D eigenvalue weighted by atomic mass is 16.5. The molecule has 2 aromatic rings. The van der Waals surface area contributed by atoms with E-state index in [1.54, 1.807) is 23.1 Å². The number of aliphatic hydroxyl groups excluding tert-OH is 1. The highest BCUT2D eigenvalue weighted by Gasteiger charge is 2.32. The number of ether oxygens (including phenoxy) is 1. The molecule has 1 saturated carbocycles.